The molecule has 0 spiro atoms. The molecule has 0 unspecified atom stereocenters. The summed E-state index contributed by atoms with van der Waals surface area (Å²) in [6.45, 7) is 6.36. The molecule has 0 amide bonds. The van der Waals surface area contributed by atoms with Crippen molar-refractivity contribution in [1.29, 1.82) is 0 Å². The van der Waals surface area contributed by atoms with Crippen molar-refractivity contribution in [2.45, 2.75) is 26.7 Å². The average Bonchev–Trinajstić information content (AvgIpc) is 2.56. The molecule has 0 aromatic heterocycles. The minimum absolute atomic E-state index is 0.282. The topological polar surface area (TPSA) is 18.5 Å². The molecule has 0 saturated heterocycles. The summed E-state index contributed by atoms with van der Waals surface area (Å²) in [6.07, 6.45) is 0. The van der Waals surface area contributed by atoms with E-state index in [1.165, 1.54) is 5.56 Å². The van der Waals surface area contributed by atoms with Gasteiger partial charge in [0.1, 0.15) is 23.0 Å². The molecule has 0 radical (unpaired) electrons. The molecule has 0 aliphatic rings. The standard InChI is InChI=1S/C22H22O2/c1-16(2)22-20(23-18-10-5-4-6-11-18)13-8-14-21(22)24-19-12-7-9-17(3)15-19/h4-16H,1-3H3. The number of ether oxygens (including phenoxy) is 2. The highest BCUT2D eigenvalue weighted by molar-refractivity contribution is 5.50. The summed E-state index contributed by atoms with van der Waals surface area (Å²) in [6, 6.07) is 23.9. The van der Waals surface area contributed by atoms with Crippen molar-refractivity contribution in [3.8, 4) is 23.0 Å². The highest BCUT2D eigenvalue weighted by Crippen LogP contribution is 2.39. The van der Waals surface area contributed by atoms with Crippen LogP contribution in [0.2, 0.25) is 0 Å². The van der Waals surface area contributed by atoms with Gasteiger partial charge in [-0.05, 0) is 54.8 Å². The van der Waals surface area contributed by atoms with Crippen molar-refractivity contribution >= 4 is 0 Å². The second kappa shape index (κ2) is 7.22. The fourth-order valence-electron chi connectivity index (χ4n) is 2.69. The van der Waals surface area contributed by atoms with E-state index in [0.29, 0.717) is 0 Å². The normalized spacial score (nSPS) is 10.7. The lowest BCUT2D eigenvalue weighted by molar-refractivity contribution is 0.444. The first-order valence-electron chi connectivity index (χ1n) is 8.24. The Kier molecular flexibility index (Phi) is 4.85. The van der Waals surface area contributed by atoms with Crippen LogP contribution in [0.4, 0.5) is 0 Å². The Morgan fingerprint density at radius 1 is 0.667 bits per heavy atom. The van der Waals surface area contributed by atoms with E-state index in [-0.39, 0.29) is 5.92 Å². The van der Waals surface area contributed by atoms with E-state index in [1.54, 1.807) is 0 Å². The molecule has 0 aliphatic carbocycles. The van der Waals surface area contributed by atoms with Crippen LogP contribution in [0.15, 0.2) is 72.8 Å². The first kappa shape index (κ1) is 16.1. The van der Waals surface area contributed by atoms with Gasteiger partial charge in [0.15, 0.2) is 0 Å². The largest absolute Gasteiger partial charge is 0.457 e. The van der Waals surface area contributed by atoms with Crippen LogP contribution in [-0.4, -0.2) is 0 Å². The summed E-state index contributed by atoms with van der Waals surface area (Å²) in [5, 5.41) is 0. The number of para-hydroxylation sites is 1. The number of aryl methyl sites for hydroxylation is 1. The highest BCUT2D eigenvalue weighted by atomic mass is 16.5. The van der Waals surface area contributed by atoms with E-state index in [1.807, 2.05) is 66.7 Å². The summed E-state index contributed by atoms with van der Waals surface area (Å²) in [5.41, 5.74) is 2.25. The van der Waals surface area contributed by atoms with Gasteiger partial charge < -0.3 is 9.47 Å². The molecule has 24 heavy (non-hydrogen) atoms. The minimum Gasteiger partial charge on any atom is -0.457 e. The molecule has 0 bridgehead atoms. The lowest BCUT2D eigenvalue weighted by Gasteiger charge is -2.18. The molecular weight excluding hydrogens is 296 g/mol. The van der Waals surface area contributed by atoms with Gasteiger partial charge in [0.05, 0.1) is 0 Å². The van der Waals surface area contributed by atoms with Gasteiger partial charge in [-0.2, -0.15) is 0 Å². The fourth-order valence-corrected chi connectivity index (χ4v) is 2.69. The van der Waals surface area contributed by atoms with Gasteiger partial charge in [0.2, 0.25) is 0 Å². The Hall–Kier alpha value is -2.74. The second-order valence-electron chi connectivity index (χ2n) is 6.16. The third-order valence-corrected chi connectivity index (χ3v) is 3.79. The molecule has 3 aromatic rings. The van der Waals surface area contributed by atoms with Crippen LogP contribution in [-0.2, 0) is 0 Å². The van der Waals surface area contributed by atoms with E-state index in [4.69, 9.17) is 9.47 Å². The average molecular weight is 318 g/mol. The molecule has 0 heterocycles. The molecule has 0 N–H and O–H groups in total. The van der Waals surface area contributed by atoms with Crippen molar-refractivity contribution in [3.05, 3.63) is 83.9 Å². The zero-order chi connectivity index (χ0) is 16.9. The molecular formula is C22H22O2. The molecule has 2 nitrogen and oxygen atoms in total. The molecule has 0 saturated carbocycles. The Balaban J connectivity index is 1.96. The molecule has 122 valence electrons. The number of hydrogen-bond donors (Lipinski definition) is 0. The van der Waals surface area contributed by atoms with E-state index in [2.05, 4.69) is 26.8 Å². The maximum Gasteiger partial charge on any atom is 0.134 e. The monoisotopic (exact) mass is 318 g/mol. The zero-order valence-corrected chi connectivity index (χ0v) is 14.3. The van der Waals surface area contributed by atoms with Gasteiger partial charge in [-0.25, -0.2) is 0 Å². The van der Waals surface area contributed by atoms with Gasteiger partial charge >= 0.3 is 0 Å². The lowest BCUT2D eigenvalue weighted by atomic mass is 10.0. The van der Waals surface area contributed by atoms with Crippen molar-refractivity contribution in [3.63, 3.8) is 0 Å². The van der Waals surface area contributed by atoms with Crippen molar-refractivity contribution in [2.24, 2.45) is 0 Å². The third kappa shape index (κ3) is 3.77. The second-order valence-corrected chi connectivity index (χ2v) is 6.16. The summed E-state index contributed by atoms with van der Waals surface area (Å²) in [7, 11) is 0. The quantitative estimate of drug-likeness (QED) is 0.521. The first-order valence-corrected chi connectivity index (χ1v) is 8.24. The van der Waals surface area contributed by atoms with Gasteiger partial charge in [-0.3, -0.25) is 0 Å². The van der Waals surface area contributed by atoms with Gasteiger partial charge in [-0.1, -0.05) is 50.2 Å². The van der Waals surface area contributed by atoms with Crippen LogP contribution in [0.3, 0.4) is 0 Å². The fraction of sp³-hybridized carbons (Fsp3) is 0.182. The van der Waals surface area contributed by atoms with E-state index in [0.717, 1.165) is 28.6 Å². The van der Waals surface area contributed by atoms with Gasteiger partial charge in [0.25, 0.3) is 0 Å². The number of hydrogen-bond acceptors (Lipinski definition) is 2. The molecule has 2 heteroatoms. The molecule has 3 aromatic carbocycles. The third-order valence-electron chi connectivity index (χ3n) is 3.79. The Morgan fingerprint density at radius 2 is 1.25 bits per heavy atom. The molecule has 3 rings (SSSR count). The Labute approximate surface area is 143 Å². The summed E-state index contributed by atoms with van der Waals surface area (Å²) >= 11 is 0. The van der Waals surface area contributed by atoms with Crippen molar-refractivity contribution < 1.29 is 9.47 Å². The van der Waals surface area contributed by atoms with E-state index >= 15 is 0 Å². The maximum atomic E-state index is 6.15. The van der Waals surface area contributed by atoms with Crippen LogP contribution in [0, 0.1) is 6.92 Å². The van der Waals surface area contributed by atoms with Crippen molar-refractivity contribution in [1.82, 2.24) is 0 Å². The number of rotatable bonds is 5. The van der Waals surface area contributed by atoms with Crippen molar-refractivity contribution in [2.75, 3.05) is 0 Å². The molecule has 0 aliphatic heterocycles. The lowest BCUT2D eigenvalue weighted by Crippen LogP contribution is -1.98. The predicted octanol–water partition coefficient (Wildman–Crippen LogP) is 6.70. The molecule has 0 atom stereocenters. The number of benzene rings is 3. The maximum absolute atomic E-state index is 6.15. The van der Waals surface area contributed by atoms with Crippen LogP contribution in [0.5, 0.6) is 23.0 Å². The summed E-state index contributed by atoms with van der Waals surface area (Å²) in [5.74, 6) is 3.62. The van der Waals surface area contributed by atoms with E-state index in [9.17, 15) is 0 Å². The first-order chi connectivity index (χ1) is 11.6. The zero-order valence-electron chi connectivity index (χ0n) is 14.3. The van der Waals surface area contributed by atoms with Crippen LogP contribution in [0.25, 0.3) is 0 Å². The Bertz CT molecular complexity index is 807. The summed E-state index contributed by atoms with van der Waals surface area (Å²) < 4.78 is 12.2. The summed E-state index contributed by atoms with van der Waals surface area (Å²) in [4.78, 5) is 0. The van der Waals surface area contributed by atoms with E-state index < -0.39 is 0 Å². The molecule has 0 fully saturated rings. The highest BCUT2D eigenvalue weighted by Gasteiger charge is 2.16. The Morgan fingerprint density at radius 3 is 1.88 bits per heavy atom. The van der Waals surface area contributed by atoms with Gasteiger partial charge in [-0.15, -0.1) is 0 Å². The minimum atomic E-state index is 0.282. The van der Waals surface area contributed by atoms with Crippen LogP contribution in [0.1, 0.15) is 30.9 Å². The SMILES string of the molecule is Cc1cccc(Oc2cccc(Oc3ccccc3)c2C(C)C)c1. The van der Waals surface area contributed by atoms with Crippen LogP contribution >= 0.6 is 0 Å². The predicted molar refractivity (Wildman–Crippen MR) is 98.3 cm³/mol. The van der Waals surface area contributed by atoms with Crippen LogP contribution < -0.4 is 9.47 Å². The smallest absolute Gasteiger partial charge is 0.134 e. The van der Waals surface area contributed by atoms with Gasteiger partial charge in [0, 0.05) is 5.56 Å².